The Labute approximate surface area is 187 Å². The molecule has 2 amide bonds. The van der Waals surface area contributed by atoms with E-state index >= 15 is 0 Å². The Morgan fingerprint density at radius 1 is 1.12 bits per heavy atom. The molecule has 0 radical (unpaired) electrons. The molecule has 0 spiro atoms. The monoisotopic (exact) mass is 434 g/mol. The molecule has 0 saturated carbocycles. The van der Waals surface area contributed by atoms with Crippen LogP contribution in [0.1, 0.15) is 29.4 Å². The molecule has 166 valence electrons. The van der Waals surface area contributed by atoms with Gasteiger partial charge in [-0.3, -0.25) is 14.7 Å². The summed E-state index contributed by atoms with van der Waals surface area (Å²) >= 11 is 0. The normalized spacial score (nSPS) is 16.8. The largest absolute Gasteiger partial charge is 0.341 e. The molecule has 6 nitrogen and oxygen atoms in total. The Bertz CT molecular complexity index is 1070. The molecule has 0 bridgehead atoms. The highest BCUT2D eigenvalue weighted by Crippen LogP contribution is 2.24. The highest BCUT2D eigenvalue weighted by molar-refractivity contribution is 5.93. The fourth-order valence-electron chi connectivity index (χ4n) is 4.22. The molecule has 4 rings (SSSR count). The molecule has 1 aliphatic rings. The molecule has 0 unspecified atom stereocenters. The van der Waals surface area contributed by atoms with Gasteiger partial charge in [0, 0.05) is 37.9 Å². The van der Waals surface area contributed by atoms with Crippen LogP contribution in [0.25, 0.3) is 11.1 Å². The number of nitrogens with one attached hydrogen (secondary N) is 1. The van der Waals surface area contributed by atoms with Crippen molar-refractivity contribution in [2.45, 2.75) is 19.8 Å². The van der Waals surface area contributed by atoms with Crippen molar-refractivity contribution in [1.82, 2.24) is 20.0 Å². The fourth-order valence-corrected chi connectivity index (χ4v) is 4.22. The molecule has 3 aromatic rings. The van der Waals surface area contributed by atoms with Crippen molar-refractivity contribution < 1.29 is 14.0 Å². The highest BCUT2D eigenvalue weighted by Gasteiger charge is 2.32. The van der Waals surface area contributed by atoms with Gasteiger partial charge in [0.1, 0.15) is 11.5 Å². The number of carbonyl (C=O) groups is 2. The van der Waals surface area contributed by atoms with Gasteiger partial charge >= 0.3 is 0 Å². The minimum atomic E-state index is -0.338. The quantitative estimate of drug-likeness (QED) is 0.642. The molecule has 2 aromatic carbocycles. The average Bonchev–Trinajstić information content (AvgIpc) is 3.30. The van der Waals surface area contributed by atoms with Gasteiger partial charge in [0.15, 0.2) is 0 Å². The van der Waals surface area contributed by atoms with Crippen LogP contribution in [-0.2, 0) is 11.2 Å². The minimum Gasteiger partial charge on any atom is -0.341 e. The maximum atomic E-state index is 14.1. The van der Waals surface area contributed by atoms with Gasteiger partial charge in [-0.25, -0.2) is 4.39 Å². The summed E-state index contributed by atoms with van der Waals surface area (Å²) in [4.78, 5) is 29.7. The highest BCUT2D eigenvalue weighted by atomic mass is 19.1. The predicted octanol–water partition coefficient (Wildman–Crippen LogP) is 3.77. The Morgan fingerprint density at radius 2 is 1.91 bits per heavy atom. The van der Waals surface area contributed by atoms with E-state index in [2.05, 4.69) is 10.2 Å². The molecule has 1 atom stereocenters. The van der Waals surface area contributed by atoms with Crippen LogP contribution in [0, 0.1) is 11.7 Å². The zero-order chi connectivity index (χ0) is 22.5. The Kier molecular flexibility index (Phi) is 6.63. The molecule has 1 fully saturated rings. The first-order chi connectivity index (χ1) is 15.6. The average molecular weight is 435 g/mol. The molecular formula is C25H27FN4O2. The summed E-state index contributed by atoms with van der Waals surface area (Å²) in [7, 11) is 0. The summed E-state index contributed by atoms with van der Waals surface area (Å²) in [5.74, 6) is -0.670. The lowest BCUT2D eigenvalue weighted by Crippen LogP contribution is -2.38. The number of H-pyrrole nitrogens is 1. The molecule has 1 aliphatic heterocycles. The number of benzene rings is 2. The van der Waals surface area contributed by atoms with Crippen molar-refractivity contribution in [3.8, 4) is 11.1 Å². The standard InChI is InChI=1S/C25H27FN4O2/c1-2-13-29-14-15-30(25(32)23-11-12-27-28-23)17-20(24(29)31)16-18-7-9-19(10-8-18)21-5-3-4-6-22(21)26/h3-12,20H,2,13-17H2,1H3,(H,27,28)/t20-/m0/s1. The number of halogens is 1. The topological polar surface area (TPSA) is 69.3 Å². The third kappa shape index (κ3) is 4.72. The smallest absolute Gasteiger partial charge is 0.271 e. The number of nitrogens with zero attached hydrogens (tertiary/aromatic N) is 3. The predicted molar refractivity (Wildman–Crippen MR) is 120 cm³/mol. The summed E-state index contributed by atoms with van der Waals surface area (Å²) in [5.41, 5.74) is 2.75. The third-order valence-corrected chi connectivity index (χ3v) is 5.87. The summed E-state index contributed by atoms with van der Waals surface area (Å²) < 4.78 is 14.1. The van der Waals surface area contributed by atoms with Gasteiger partial charge in [-0.1, -0.05) is 49.4 Å². The summed E-state index contributed by atoms with van der Waals surface area (Å²) in [6, 6.07) is 16.0. The van der Waals surface area contributed by atoms with Gasteiger partial charge in [0.25, 0.3) is 5.91 Å². The van der Waals surface area contributed by atoms with E-state index in [0.29, 0.717) is 43.9 Å². The van der Waals surface area contributed by atoms with Crippen molar-refractivity contribution in [3.63, 3.8) is 0 Å². The van der Waals surface area contributed by atoms with Gasteiger partial charge in [-0.15, -0.1) is 0 Å². The molecule has 1 aromatic heterocycles. The number of amides is 2. The van der Waals surface area contributed by atoms with Crippen LogP contribution in [0.4, 0.5) is 4.39 Å². The molecule has 7 heteroatoms. The first kappa shape index (κ1) is 21.7. The Morgan fingerprint density at radius 3 is 2.59 bits per heavy atom. The second-order valence-electron chi connectivity index (χ2n) is 8.12. The molecule has 32 heavy (non-hydrogen) atoms. The number of aromatic nitrogens is 2. The van der Waals surface area contributed by atoms with E-state index in [1.807, 2.05) is 42.2 Å². The Hall–Kier alpha value is -3.48. The lowest BCUT2D eigenvalue weighted by Gasteiger charge is -2.23. The van der Waals surface area contributed by atoms with E-state index in [4.69, 9.17) is 0 Å². The van der Waals surface area contributed by atoms with Crippen LogP contribution in [0.3, 0.4) is 0 Å². The van der Waals surface area contributed by atoms with Gasteiger partial charge in [0.2, 0.25) is 5.91 Å². The van der Waals surface area contributed by atoms with E-state index in [1.165, 1.54) is 6.07 Å². The third-order valence-electron chi connectivity index (χ3n) is 5.87. The molecule has 2 heterocycles. The molecular weight excluding hydrogens is 407 g/mol. The SMILES string of the molecule is CCCN1CCN(C(=O)c2ccn[nH]2)C[C@H](Cc2ccc(-c3ccccc3F)cc2)C1=O. The first-order valence-electron chi connectivity index (χ1n) is 11.0. The van der Waals surface area contributed by atoms with E-state index < -0.39 is 0 Å². The van der Waals surface area contributed by atoms with Crippen LogP contribution in [0.5, 0.6) is 0 Å². The van der Waals surface area contributed by atoms with Crippen LogP contribution in [0.15, 0.2) is 60.8 Å². The van der Waals surface area contributed by atoms with Crippen LogP contribution in [-0.4, -0.2) is 58.0 Å². The van der Waals surface area contributed by atoms with Gasteiger partial charge in [-0.05, 0) is 36.1 Å². The van der Waals surface area contributed by atoms with Crippen LogP contribution in [0.2, 0.25) is 0 Å². The van der Waals surface area contributed by atoms with Crippen molar-refractivity contribution in [2.75, 3.05) is 26.2 Å². The van der Waals surface area contributed by atoms with E-state index in [-0.39, 0.29) is 23.5 Å². The Balaban J connectivity index is 1.54. The lowest BCUT2D eigenvalue weighted by molar-refractivity contribution is -0.134. The summed E-state index contributed by atoms with van der Waals surface area (Å²) in [6.45, 7) is 4.09. The summed E-state index contributed by atoms with van der Waals surface area (Å²) in [5, 5.41) is 6.59. The minimum absolute atomic E-state index is 0.0740. The summed E-state index contributed by atoms with van der Waals surface area (Å²) in [6.07, 6.45) is 2.93. The number of rotatable bonds is 6. The van der Waals surface area contributed by atoms with E-state index in [1.54, 1.807) is 29.3 Å². The molecule has 0 aliphatic carbocycles. The maximum Gasteiger partial charge on any atom is 0.271 e. The number of hydrogen-bond acceptors (Lipinski definition) is 3. The van der Waals surface area contributed by atoms with Gasteiger partial charge in [-0.2, -0.15) is 5.10 Å². The second kappa shape index (κ2) is 9.77. The fraction of sp³-hybridized carbons (Fsp3) is 0.320. The van der Waals surface area contributed by atoms with E-state index in [9.17, 15) is 14.0 Å². The second-order valence-corrected chi connectivity index (χ2v) is 8.12. The zero-order valence-electron chi connectivity index (χ0n) is 18.1. The van der Waals surface area contributed by atoms with Crippen LogP contribution >= 0.6 is 0 Å². The van der Waals surface area contributed by atoms with Crippen LogP contribution < -0.4 is 0 Å². The van der Waals surface area contributed by atoms with E-state index in [0.717, 1.165) is 17.5 Å². The van der Waals surface area contributed by atoms with Crippen molar-refractivity contribution in [2.24, 2.45) is 5.92 Å². The van der Waals surface area contributed by atoms with Gasteiger partial charge < -0.3 is 9.80 Å². The lowest BCUT2D eigenvalue weighted by atomic mass is 9.95. The van der Waals surface area contributed by atoms with Gasteiger partial charge in [0.05, 0.1) is 5.92 Å². The molecule has 1 N–H and O–H groups in total. The van der Waals surface area contributed by atoms with Crippen molar-refractivity contribution >= 4 is 11.8 Å². The van der Waals surface area contributed by atoms with Crippen molar-refractivity contribution in [1.29, 1.82) is 0 Å². The number of carbonyl (C=O) groups excluding carboxylic acids is 2. The number of aromatic amines is 1. The van der Waals surface area contributed by atoms with Crippen molar-refractivity contribution in [3.05, 3.63) is 77.9 Å². The molecule has 1 saturated heterocycles. The first-order valence-corrected chi connectivity index (χ1v) is 11.0. The number of hydrogen-bond donors (Lipinski definition) is 1. The zero-order valence-corrected chi connectivity index (χ0v) is 18.1. The maximum absolute atomic E-state index is 14.1.